The number of aromatic nitrogens is 1. The van der Waals surface area contributed by atoms with E-state index in [1.165, 1.54) is 0 Å². The number of rotatable bonds is 5. The maximum absolute atomic E-state index is 12.0. The molecule has 2 aromatic rings. The zero-order valence-electron chi connectivity index (χ0n) is 15.5. The number of esters is 1. The van der Waals surface area contributed by atoms with Gasteiger partial charge in [-0.1, -0.05) is 6.07 Å². The highest BCUT2D eigenvalue weighted by atomic mass is 16.6. The Morgan fingerprint density at radius 2 is 2.12 bits per heavy atom. The predicted octanol–water partition coefficient (Wildman–Crippen LogP) is 2.91. The second-order valence-electron chi connectivity index (χ2n) is 7.34. The van der Waals surface area contributed by atoms with Crippen LogP contribution in [0.15, 0.2) is 30.5 Å². The highest BCUT2D eigenvalue weighted by Crippen LogP contribution is 2.21. The fourth-order valence-electron chi connectivity index (χ4n) is 2.72. The van der Waals surface area contributed by atoms with Crippen LogP contribution < -0.4 is 4.74 Å². The molecule has 0 aliphatic carbocycles. The van der Waals surface area contributed by atoms with Gasteiger partial charge in [0.05, 0.1) is 38.0 Å². The Kier molecular flexibility index (Phi) is 5.74. The lowest BCUT2D eigenvalue weighted by atomic mass is 10.1. The summed E-state index contributed by atoms with van der Waals surface area (Å²) >= 11 is 0. The van der Waals surface area contributed by atoms with Crippen LogP contribution >= 0.6 is 0 Å². The number of carbonyl (C=O) groups is 1. The Morgan fingerprint density at radius 3 is 2.85 bits per heavy atom. The van der Waals surface area contributed by atoms with Crippen molar-refractivity contribution in [2.75, 3.05) is 26.4 Å². The second kappa shape index (κ2) is 8.01. The van der Waals surface area contributed by atoms with E-state index < -0.39 is 5.60 Å². The first-order valence-corrected chi connectivity index (χ1v) is 8.82. The van der Waals surface area contributed by atoms with Crippen LogP contribution in [0.4, 0.5) is 0 Å². The van der Waals surface area contributed by atoms with E-state index >= 15 is 0 Å². The van der Waals surface area contributed by atoms with Gasteiger partial charge < -0.3 is 18.9 Å². The summed E-state index contributed by atoms with van der Waals surface area (Å²) in [5.41, 5.74) is 1.25. The minimum atomic E-state index is -0.485. The van der Waals surface area contributed by atoms with Gasteiger partial charge in [-0.15, -0.1) is 0 Å². The second-order valence-corrected chi connectivity index (χ2v) is 7.34. The number of hydrogen-bond donors (Lipinski definition) is 0. The summed E-state index contributed by atoms with van der Waals surface area (Å²) in [4.78, 5) is 16.4. The molecule has 0 saturated carbocycles. The van der Waals surface area contributed by atoms with Crippen molar-refractivity contribution in [1.82, 2.24) is 4.98 Å². The lowest BCUT2D eigenvalue weighted by molar-refractivity contribution is -0.153. The molecule has 1 aliphatic rings. The first kappa shape index (κ1) is 18.6. The molecule has 1 fully saturated rings. The van der Waals surface area contributed by atoms with Gasteiger partial charge in [0.2, 0.25) is 0 Å². The van der Waals surface area contributed by atoms with Gasteiger partial charge in [0.25, 0.3) is 0 Å². The molecule has 0 bridgehead atoms. The van der Waals surface area contributed by atoms with E-state index in [-0.39, 0.29) is 18.5 Å². The zero-order chi connectivity index (χ0) is 18.6. The van der Waals surface area contributed by atoms with E-state index in [9.17, 15) is 4.79 Å². The standard InChI is InChI=1S/C20H25NO5/c1-20(2,3)26-19(22)9-14-4-5-18-15(8-14)10-16(11-21-18)25-13-17-12-23-6-7-24-17/h4-5,8,10-11,17H,6-7,9,12-13H2,1-3H3. The number of nitrogens with zero attached hydrogens (tertiary/aromatic N) is 1. The van der Waals surface area contributed by atoms with Gasteiger partial charge in [-0.3, -0.25) is 9.78 Å². The lowest BCUT2D eigenvalue weighted by Gasteiger charge is -2.22. The molecule has 3 rings (SSSR count). The van der Waals surface area contributed by atoms with Crippen LogP contribution in [0.3, 0.4) is 0 Å². The van der Waals surface area contributed by atoms with Crippen molar-refractivity contribution in [3.8, 4) is 5.75 Å². The average molecular weight is 359 g/mol. The normalized spacial score (nSPS) is 17.9. The molecule has 0 radical (unpaired) electrons. The Labute approximate surface area is 153 Å². The van der Waals surface area contributed by atoms with Crippen molar-refractivity contribution in [2.45, 2.75) is 38.9 Å². The minimum Gasteiger partial charge on any atom is -0.489 e. The van der Waals surface area contributed by atoms with Crippen LogP contribution in [0.5, 0.6) is 5.75 Å². The first-order valence-electron chi connectivity index (χ1n) is 8.82. The molecule has 6 nitrogen and oxygen atoms in total. The van der Waals surface area contributed by atoms with Gasteiger partial charge in [0, 0.05) is 5.39 Å². The monoisotopic (exact) mass is 359 g/mol. The quantitative estimate of drug-likeness (QED) is 0.765. The Hall–Kier alpha value is -2.18. The molecule has 1 saturated heterocycles. The Balaban J connectivity index is 1.66. The summed E-state index contributed by atoms with van der Waals surface area (Å²) in [6.45, 7) is 7.78. The van der Waals surface area contributed by atoms with Gasteiger partial charge in [-0.25, -0.2) is 0 Å². The van der Waals surface area contributed by atoms with Gasteiger partial charge in [0.15, 0.2) is 0 Å². The Morgan fingerprint density at radius 1 is 1.27 bits per heavy atom. The molecule has 26 heavy (non-hydrogen) atoms. The molecule has 6 heteroatoms. The van der Waals surface area contributed by atoms with Crippen LogP contribution in [0.1, 0.15) is 26.3 Å². The number of benzene rings is 1. The Bertz CT molecular complexity index is 762. The maximum Gasteiger partial charge on any atom is 0.310 e. The number of pyridine rings is 1. The van der Waals surface area contributed by atoms with Crippen LogP contribution in [0.25, 0.3) is 10.9 Å². The topological polar surface area (TPSA) is 66.9 Å². The van der Waals surface area contributed by atoms with Crippen molar-refractivity contribution in [3.63, 3.8) is 0 Å². The molecule has 1 atom stereocenters. The van der Waals surface area contributed by atoms with Crippen molar-refractivity contribution < 1.29 is 23.7 Å². The van der Waals surface area contributed by atoms with Crippen LogP contribution in [0, 0.1) is 0 Å². The predicted molar refractivity (Wildman–Crippen MR) is 97.3 cm³/mol. The molecule has 1 aromatic heterocycles. The summed E-state index contributed by atoms with van der Waals surface area (Å²) < 4.78 is 22.1. The fourth-order valence-corrected chi connectivity index (χ4v) is 2.72. The number of ether oxygens (including phenoxy) is 4. The number of fused-ring (bicyclic) bond motifs is 1. The molecule has 1 aromatic carbocycles. The highest BCUT2D eigenvalue weighted by Gasteiger charge is 2.17. The van der Waals surface area contributed by atoms with E-state index in [0.29, 0.717) is 32.2 Å². The molecular formula is C20H25NO5. The largest absolute Gasteiger partial charge is 0.489 e. The molecule has 0 spiro atoms. The molecule has 2 heterocycles. The van der Waals surface area contributed by atoms with Gasteiger partial charge in [-0.2, -0.15) is 0 Å². The molecule has 1 unspecified atom stereocenters. The molecule has 1 aliphatic heterocycles. The lowest BCUT2D eigenvalue weighted by Crippen LogP contribution is -2.33. The van der Waals surface area contributed by atoms with Gasteiger partial charge in [0.1, 0.15) is 24.1 Å². The molecule has 0 amide bonds. The third-order valence-electron chi connectivity index (χ3n) is 3.81. The smallest absolute Gasteiger partial charge is 0.310 e. The summed E-state index contributed by atoms with van der Waals surface area (Å²) in [6, 6.07) is 7.66. The summed E-state index contributed by atoms with van der Waals surface area (Å²) in [6.07, 6.45) is 1.86. The first-order chi connectivity index (χ1) is 12.4. The third kappa shape index (κ3) is 5.41. The number of carbonyl (C=O) groups excluding carboxylic acids is 1. The van der Waals surface area contributed by atoms with Crippen molar-refractivity contribution in [1.29, 1.82) is 0 Å². The summed E-state index contributed by atoms with van der Waals surface area (Å²) in [5.74, 6) is 0.424. The summed E-state index contributed by atoms with van der Waals surface area (Å²) in [5, 5.41) is 0.921. The minimum absolute atomic E-state index is 0.0575. The number of hydrogen-bond acceptors (Lipinski definition) is 6. The maximum atomic E-state index is 12.0. The van der Waals surface area contributed by atoms with Gasteiger partial charge >= 0.3 is 5.97 Å². The summed E-state index contributed by atoms with van der Waals surface area (Å²) in [7, 11) is 0. The average Bonchev–Trinajstić information content (AvgIpc) is 2.59. The van der Waals surface area contributed by atoms with Crippen molar-refractivity contribution >= 4 is 16.9 Å². The van der Waals surface area contributed by atoms with E-state index in [1.54, 1.807) is 6.20 Å². The zero-order valence-corrected chi connectivity index (χ0v) is 15.5. The van der Waals surface area contributed by atoms with E-state index in [4.69, 9.17) is 18.9 Å². The SMILES string of the molecule is CC(C)(C)OC(=O)Cc1ccc2ncc(OCC3COCCO3)cc2c1. The third-order valence-corrected chi connectivity index (χ3v) is 3.81. The molecule has 0 N–H and O–H groups in total. The van der Waals surface area contributed by atoms with Crippen LogP contribution in [-0.4, -0.2) is 49.1 Å². The van der Waals surface area contributed by atoms with E-state index in [2.05, 4.69) is 4.98 Å². The van der Waals surface area contributed by atoms with E-state index in [1.807, 2.05) is 45.0 Å². The van der Waals surface area contributed by atoms with Crippen molar-refractivity contribution in [2.24, 2.45) is 0 Å². The van der Waals surface area contributed by atoms with E-state index in [0.717, 1.165) is 16.5 Å². The fraction of sp³-hybridized carbons (Fsp3) is 0.500. The van der Waals surface area contributed by atoms with Gasteiger partial charge in [-0.05, 0) is 44.5 Å². The molecule has 140 valence electrons. The highest BCUT2D eigenvalue weighted by molar-refractivity contribution is 5.82. The van der Waals surface area contributed by atoms with Crippen LogP contribution in [-0.2, 0) is 25.4 Å². The van der Waals surface area contributed by atoms with Crippen LogP contribution in [0.2, 0.25) is 0 Å². The van der Waals surface area contributed by atoms with Crippen molar-refractivity contribution in [3.05, 3.63) is 36.0 Å². The molecular weight excluding hydrogens is 334 g/mol.